The summed E-state index contributed by atoms with van der Waals surface area (Å²) in [4.78, 5) is 18.2. The Morgan fingerprint density at radius 2 is 1.79 bits per heavy atom. The van der Waals surface area contributed by atoms with E-state index >= 15 is 0 Å². The van der Waals surface area contributed by atoms with Gasteiger partial charge in [-0.15, -0.1) is 0 Å². The third-order valence-corrected chi connectivity index (χ3v) is 7.86. The molecule has 0 amide bonds. The smallest absolute Gasteiger partial charge is 0.282 e. The van der Waals surface area contributed by atoms with E-state index in [-0.39, 0.29) is 18.1 Å². The lowest BCUT2D eigenvalue weighted by Gasteiger charge is -2.15. The van der Waals surface area contributed by atoms with Crippen LogP contribution in [0.25, 0.3) is 10.9 Å². The molecule has 0 N–H and O–H groups in total. The summed E-state index contributed by atoms with van der Waals surface area (Å²) in [6.45, 7) is 6.71. The molecule has 4 rings (SSSR count). The third kappa shape index (κ3) is 6.42. The number of hydrogen-bond acceptors (Lipinski definition) is 5. The van der Waals surface area contributed by atoms with E-state index in [9.17, 15) is 4.79 Å². The molecule has 38 heavy (non-hydrogen) atoms. The van der Waals surface area contributed by atoms with E-state index in [0.717, 1.165) is 20.9 Å². The Hall–Kier alpha value is -2.39. The molecule has 0 saturated heterocycles. The minimum atomic E-state index is -0.231. The normalized spacial score (nSPS) is 12.3. The zero-order chi connectivity index (χ0) is 27.4. The summed E-state index contributed by atoms with van der Waals surface area (Å²) in [6, 6.07) is 14.5. The van der Waals surface area contributed by atoms with Crippen LogP contribution in [0.1, 0.15) is 50.1 Å². The lowest BCUT2D eigenvalue weighted by Crippen LogP contribution is -2.23. The van der Waals surface area contributed by atoms with Crippen LogP contribution in [-0.2, 0) is 6.61 Å². The molecule has 10 heteroatoms. The number of rotatable bonds is 9. The quantitative estimate of drug-likeness (QED) is 0.166. The molecule has 198 valence electrons. The predicted octanol–water partition coefficient (Wildman–Crippen LogP) is 8.60. The van der Waals surface area contributed by atoms with Gasteiger partial charge in [-0.2, -0.15) is 9.78 Å². The van der Waals surface area contributed by atoms with Gasteiger partial charge in [0.05, 0.1) is 33.8 Å². The number of fused-ring (bicyclic) bond motifs is 1. The summed E-state index contributed by atoms with van der Waals surface area (Å²) in [5, 5.41) is 6.02. The van der Waals surface area contributed by atoms with Gasteiger partial charge in [0.15, 0.2) is 11.5 Å². The van der Waals surface area contributed by atoms with Crippen molar-refractivity contribution in [3.63, 3.8) is 0 Å². The maximum Gasteiger partial charge on any atom is 0.282 e. The summed E-state index contributed by atoms with van der Waals surface area (Å²) >= 11 is 19.2. The van der Waals surface area contributed by atoms with Gasteiger partial charge in [0.1, 0.15) is 12.4 Å². The van der Waals surface area contributed by atoms with Crippen molar-refractivity contribution in [3.8, 4) is 11.5 Å². The van der Waals surface area contributed by atoms with E-state index < -0.39 is 0 Å². The second-order valence-electron chi connectivity index (χ2n) is 8.59. The van der Waals surface area contributed by atoms with Crippen molar-refractivity contribution in [2.45, 2.75) is 39.7 Å². The second kappa shape index (κ2) is 12.6. The van der Waals surface area contributed by atoms with Gasteiger partial charge < -0.3 is 9.47 Å². The highest BCUT2D eigenvalue weighted by atomic mass is 79.9. The van der Waals surface area contributed by atoms with Crippen LogP contribution in [0.4, 0.5) is 0 Å². The van der Waals surface area contributed by atoms with Crippen molar-refractivity contribution in [1.82, 2.24) is 9.66 Å². The van der Waals surface area contributed by atoms with Crippen LogP contribution in [0.5, 0.6) is 11.5 Å². The van der Waals surface area contributed by atoms with Crippen LogP contribution >= 0.6 is 55.1 Å². The summed E-state index contributed by atoms with van der Waals surface area (Å²) in [5.41, 5.74) is 2.00. The molecule has 3 aromatic carbocycles. The lowest BCUT2D eigenvalue weighted by molar-refractivity contribution is 0.269. The fraction of sp³-hybridized carbons (Fsp3) is 0.250. The van der Waals surface area contributed by atoms with Crippen molar-refractivity contribution in [3.05, 3.63) is 94.8 Å². The molecule has 1 heterocycles. The largest absolute Gasteiger partial charge is 0.490 e. The lowest BCUT2D eigenvalue weighted by atomic mass is 10.1. The van der Waals surface area contributed by atoms with E-state index in [0.29, 0.717) is 50.4 Å². The van der Waals surface area contributed by atoms with Crippen LogP contribution in [0.2, 0.25) is 10.0 Å². The van der Waals surface area contributed by atoms with Gasteiger partial charge in [-0.3, -0.25) is 4.79 Å². The molecule has 0 fully saturated rings. The first-order chi connectivity index (χ1) is 18.2. The van der Waals surface area contributed by atoms with Crippen molar-refractivity contribution >= 4 is 72.2 Å². The SMILES string of the molecule is CCOc1cc(C=Nn2c([C@@H](C)CC)nc3ccc(Br)cc3c2=O)c(Br)cc1OCc1ccc(Cl)c(Cl)c1. The molecule has 0 spiro atoms. The Balaban J connectivity index is 1.71. The zero-order valence-corrected chi connectivity index (χ0v) is 25.7. The number of benzene rings is 3. The van der Waals surface area contributed by atoms with E-state index in [1.165, 1.54) is 4.68 Å². The van der Waals surface area contributed by atoms with Gasteiger partial charge in [-0.25, -0.2) is 4.98 Å². The molecule has 6 nitrogen and oxygen atoms in total. The molecule has 4 aromatic rings. The van der Waals surface area contributed by atoms with Gasteiger partial charge in [-0.1, -0.05) is 59.0 Å². The summed E-state index contributed by atoms with van der Waals surface area (Å²) < 4.78 is 14.8. The molecule has 0 radical (unpaired) electrons. The molecule has 0 aliphatic rings. The number of hydrogen-bond donors (Lipinski definition) is 0. The van der Waals surface area contributed by atoms with E-state index in [1.54, 1.807) is 24.4 Å². The van der Waals surface area contributed by atoms with Crippen LogP contribution in [-0.4, -0.2) is 22.5 Å². The minimum Gasteiger partial charge on any atom is -0.490 e. The van der Waals surface area contributed by atoms with Crippen molar-refractivity contribution in [2.24, 2.45) is 5.10 Å². The highest BCUT2D eigenvalue weighted by molar-refractivity contribution is 9.10. The number of aromatic nitrogens is 2. The summed E-state index contributed by atoms with van der Waals surface area (Å²) in [7, 11) is 0. The molecule has 1 aromatic heterocycles. The Bertz CT molecular complexity index is 1570. The molecule has 0 aliphatic heterocycles. The highest BCUT2D eigenvalue weighted by Gasteiger charge is 2.16. The van der Waals surface area contributed by atoms with Crippen molar-refractivity contribution in [1.29, 1.82) is 0 Å². The first-order valence-corrected chi connectivity index (χ1v) is 14.4. The molecule has 0 saturated carbocycles. The average molecular weight is 682 g/mol. The third-order valence-electron chi connectivity index (χ3n) is 5.94. The summed E-state index contributed by atoms with van der Waals surface area (Å²) in [5.74, 6) is 1.74. The first kappa shape index (κ1) is 28.6. The predicted molar refractivity (Wildman–Crippen MR) is 162 cm³/mol. The van der Waals surface area contributed by atoms with Gasteiger partial charge in [0, 0.05) is 20.4 Å². The minimum absolute atomic E-state index is 0.0347. The van der Waals surface area contributed by atoms with Gasteiger partial charge >= 0.3 is 0 Å². The van der Waals surface area contributed by atoms with E-state index in [2.05, 4.69) is 43.9 Å². The molecule has 0 aliphatic carbocycles. The number of nitrogens with zero attached hydrogens (tertiary/aromatic N) is 3. The summed E-state index contributed by atoms with van der Waals surface area (Å²) in [6.07, 6.45) is 2.43. The number of ether oxygens (including phenoxy) is 2. The molecular formula is C28H25Br2Cl2N3O3. The van der Waals surface area contributed by atoms with Crippen LogP contribution in [0.15, 0.2) is 67.4 Å². The standard InChI is InChI=1S/C28H25Br2Cl2N3O3/c1-4-16(3)27-34-24-9-7-19(29)12-20(24)28(36)35(27)33-14-18-11-25(37-5-2)26(13-21(18)30)38-15-17-6-8-22(31)23(32)10-17/h6-14,16H,4-5,15H2,1-3H3/t16-/m0/s1. The Morgan fingerprint density at radius 1 is 1.03 bits per heavy atom. The Kier molecular flexibility index (Phi) is 9.52. The van der Waals surface area contributed by atoms with Crippen molar-refractivity contribution in [2.75, 3.05) is 6.61 Å². The first-order valence-electron chi connectivity index (χ1n) is 12.0. The second-order valence-corrected chi connectivity index (χ2v) is 11.2. The molecule has 0 bridgehead atoms. The Morgan fingerprint density at radius 3 is 2.50 bits per heavy atom. The maximum absolute atomic E-state index is 13.4. The maximum atomic E-state index is 13.4. The average Bonchev–Trinajstić information content (AvgIpc) is 2.90. The van der Waals surface area contributed by atoms with Gasteiger partial charge in [-0.05, 0) is 77.3 Å². The molecule has 0 unspecified atom stereocenters. The fourth-order valence-electron chi connectivity index (χ4n) is 3.72. The monoisotopic (exact) mass is 679 g/mol. The van der Waals surface area contributed by atoms with Gasteiger partial charge in [0.25, 0.3) is 5.56 Å². The number of halogens is 4. The van der Waals surface area contributed by atoms with E-state index in [4.69, 9.17) is 37.7 Å². The van der Waals surface area contributed by atoms with Crippen LogP contribution in [0.3, 0.4) is 0 Å². The highest BCUT2D eigenvalue weighted by Crippen LogP contribution is 2.34. The zero-order valence-electron chi connectivity index (χ0n) is 21.0. The van der Waals surface area contributed by atoms with E-state index in [1.807, 2.05) is 44.2 Å². The van der Waals surface area contributed by atoms with Gasteiger partial charge in [0.2, 0.25) is 0 Å². The van der Waals surface area contributed by atoms with Crippen LogP contribution < -0.4 is 15.0 Å². The van der Waals surface area contributed by atoms with Crippen molar-refractivity contribution < 1.29 is 9.47 Å². The fourth-order valence-corrected chi connectivity index (χ4v) is 4.83. The molecular weight excluding hydrogens is 657 g/mol. The molecule has 1 atom stereocenters. The Labute approximate surface area is 247 Å². The van der Waals surface area contributed by atoms with Crippen LogP contribution in [0, 0.1) is 0 Å². The topological polar surface area (TPSA) is 65.7 Å².